The predicted molar refractivity (Wildman–Crippen MR) is 151 cm³/mol. The molecule has 0 unspecified atom stereocenters. The zero-order valence-electron chi connectivity index (χ0n) is 20.8. The first-order valence-electron chi connectivity index (χ1n) is 11.3. The van der Waals surface area contributed by atoms with E-state index >= 15 is 0 Å². The van der Waals surface area contributed by atoms with Crippen LogP contribution in [-0.2, 0) is 13.1 Å². The second-order valence-electron chi connectivity index (χ2n) is 9.97. The number of fused-ring (bicyclic) bond motifs is 2. The van der Waals surface area contributed by atoms with Crippen LogP contribution in [0.3, 0.4) is 0 Å². The van der Waals surface area contributed by atoms with E-state index in [2.05, 4.69) is 86.4 Å². The Labute approximate surface area is 224 Å². The minimum absolute atomic E-state index is 0.0230. The molecule has 0 aliphatic carbocycles. The fraction of sp³-hybridized carbons (Fsp3) is 0.333. The Balaban J connectivity index is 0.000000229. The van der Waals surface area contributed by atoms with Crippen molar-refractivity contribution < 1.29 is 8.82 Å². The fourth-order valence-corrected chi connectivity index (χ4v) is 5.27. The number of rotatable bonds is 3. The molecule has 0 radical (unpaired) electrons. The van der Waals surface area contributed by atoms with Gasteiger partial charge in [-0.15, -0.1) is 0 Å². The number of nitrogens with zero attached hydrogens (tertiary/aromatic N) is 6. The van der Waals surface area contributed by atoms with Crippen molar-refractivity contribution in [1.29, 1.82) is 0 Å². The highest BCUT2D eigenvalue weighted by Crippen LogP contribution is 2.38. The fourth-order valence-electron chi connectivity index (χ4n) is 3.50. The molecule has 1 aromatic carbocycles. The number of halogens is 2. The van der Waals surface area contributed by atoms with Crippen LogP contribution >= 0.6 is 22.6 Å². The van der Waals surface area contributed by atoms with Gasteiger partial charge in [0, 0.05) is 11.6 Å². The molecule has 2 aliphatic rings. The number of aliphatic imine (C=N–C) groups is 2. The van der Waals surface area contributed by atoms with Crippen molar-refractivity contribution in [2.24, 2.45) is 9.98 Å². The van der Waals surface area contributed by atoms with E-state index in [0.717, 1.165) is 20.7 Å². The number of anilines is 2. The van der Waals surface area contributed by atoms with E-state index in [1.807, 2.05) is 6.07 Å². The van der Waals surface area contributed by atoms with Crippen molar-refractivity contribution in [3.63, 3.8) is 0 Å². The molecule has 0 bridgehead atoms. The average Bonchev–Trinajstić information content (AvgIpc) is 3.38. The predicted octanol–water partition coefficient (Wildman–Crippen LogP) is 4.69. The maximum atomic E-state index is 14.2. The molecule has 9 nitrogen and oxygen atoms in total. The lowest BCUT2D eigenvalue weighted by Crippen LogP contribution is -2.43. The molecule has 4 N–H and O–H groups in total. The first-order valence-corrected chi connectivity index (χ1v) is 15.3. The second kappa shape index (κ2) is 9.80. The molecule has 0 amide bonds. The van der Waals surface area contributed by atoms with Gasteiger partial charge in [0.2, 0.25) is 8.32 Å². The van der Waals surface area contributed by atoms with Gasteiger partial charge in [-0.05, 0) is 52.9 Å². The summed E-state index contributed by atoms with van der Waals surface area (Å²) in [6.07, 6.45) is 2.89. The Bertz CT molecular complexity index is 1390. The van der Waals surface area contributed by atoms with Crippen molar-refractivity contribution in [2.45, 2.75) is 52.0 Å². The van der Waals surface area contributed by atoms with Gasteiger partial charge in [-0.3, -0.25) is 9.98 Å². The molecule has 0 spiro atoms. The van der Waals surface area contributed by atoms with Crippen LogP contribution in [0.1, 0.15) is 48.8 Å². The molecule has 188 valence electrons. The number of aromatic nitrogens is 4. The molecule has 36 heavy (non-hydrogen) atoms. The topological polar surface area (TPSA) is 138 Å². The summed E-state index contributed by atoms with van der Waals surface area (Å²) in [5, 5.41) is 0.0230. The number of hydrogen-bond donors (Lipinski definition) is 2. The monoisotopic (exact) mass is 618 g/mol. The van der Waals surface area contributed by atoms with Gasteiger partial charge >= 0.3 is 0 Å². The van der Waals surface area contributed by atoms with Gasteiger partial charge in [0.1, 0.15) is 39.6 Å². The first-order chi connectivity index (χ1) is 16.9. The number of nitrogens with two attached hydrogens (primary N) is 2. The van der Waals surface area contributed by atoms with Crippen molar-refractivity contribution >= 4 is 52.0 Å². The van der Waals surface area contributed by atoms with Crippen LogP contribution < -0.4 is 15.9 Å². The van der Waals surface area contributed by atoms with Gasteiger partial charge in [0.25, 0.3) is 0 Å². The highest BCUT2D eigenvalue weighted by atomic mass is 127. The van der Waals surface area contributed by atoms with Crippen molar-refractivity contribution in [3.05, 3.63) is 64.7 Å². The summed E-state index contributed by atoms with van der Waals surface area (Å²) in [6, 6.07) is 4.69. The largest absolute Gasteiger partial charge is 0.543 e. The maximum Gasteiger partial charge on any atom is 0.250 e. The van der Waals surface area contributed by atoms with Crippen molar-refractivity contribution in [2.75, 3.05) is 11.5 Å². The van der Waals surface area contributed by atoms with E-state index in [-0.39, 0.29) is 10.9 Å². The normalized spacial score (nSPS) is 14.3. The summed E-state index contributed by atoms with van der Waals surface area (Å²) in [7, 11) is -2.07. The Morgan fingerprint density at radius 2 is 1.47 bits per heavy atom. The van der Waals surface area contributed by atoms with Gasteiger partial charge in [-0.25, -0.2) is 24.3 Å². The second-order valence-corrected chi connectivity index (χ2v) is 15.7. The van der Waals surface area contributed by atoms with Gasteiger partial charge in [-0.2, -0.15) is 0 Å². The van der Waals surface area contributed by atoms with E-state index < -0.39 is 8.32 Å². The summed E-state index contributed by atoms with van der Waals surface area (Å²) >= 11 is 2.14. The quantitative estimate of drug-likeness (QED) is 0.321. The van der Waals surface area contributed by atoms with Gasteiger partial charge in [-0.1, -0.05) is 20.8 Å². The van der Waals surface area contributed by atoms with E-state index in [4.69, 9.17) is 15.9 Å². The van der Waals surface area contributed by atoms with Crippen LogP contribution in [0, 0.1) is 5.82 Å². The van der Waals surface area contributed by atoms with Crippen molar-refractivity contribution in [1.82, 2.24) is 19.9 Å². The molecule has 2 aromatic heterocycles. The molecule has 5 rings (SSSR count). The van der Waals surface area contributed by atoms with Crippen LogP contribution in [0.25, 0.3) is 0 Å². The molecule has 4 heterocycles. The molecule has 12 heteroatoms. The zero-order valence-corrected chi connectivity index (χ0v) is 24.0. The molecular weight excluding hydrogens is 590 g/mol. The number of nitrogen functional groups attached to an aromatic ring is 2. The molecule has 0 saturated heterocycles. The minimum atomic E-state index is -2.07. The van der Waals surface area contributed by atoms with Gasteiger partial charge in [0.15, 0.2) is 0 Å². The summed E-state index contributed by atoms with van der Waals surface area (Å²) < 4.78 is 21.4. The lowest BCUT2D eigenvalue weighted by molar-refractivity contribution is 0.487. The Morgan fingerprint density at radius 3 is 2.08 bits per heavy atom. The third-order valence-electron chi connectivity index (χ3n) is 6.43. The Kier molecular flexibility index (Phi) is 7.10. The summed E-state index contributed by atoms with van der Waals surface area (Å²) in [5.41, 5.74) is 16.2. The minimum Gasteiger partial charge on any atom is -0.543 e. The van der Waals surface area contributed by atoms with Crippen LogP contribution in [-0.4, -0.2) is 37.7 Å². The highest BCUT2D eigenvalue weighted by molar-refractivity contribution is 14.1. The van der Waals surface area contributed by atoms with Gasteiger partial charge < -0.3 is 15.9 Å². The molecule has 0 fully saturated rings. The Hall–Kier alpha value is -3.00. The SMILES string of the molecule is CC(C)(C)[Si](C)(C)Oc1cc(F)cc(C2=NCc3ncnc(N)c32)c1.Nc1ncnc2c1C(I)=NC2. The lowest BCUT2D eigenvalue weighted by atomic mass is 10.0. The third-order valence-corrected chi connectivity index (χ3v) is 11.7. The van der Waals surface area contributed by atoms with Crippen LogP contribution in [0.5, 0.6) is 5.75 Å². The summed E-state index contributed by atoms with van der Waals surface area (Å²) in [5.74, 6) is 1.05. The van der Waals surface area contributed by atoms with E-state index in [9.17, 15) is 4.39 Å². The molecule has 3 aromatic rings. The van der Waals surface area contributed by atoms with Crippen molar-refractivity contribution in [3.8, 4) is 5.75 Å². The number of hydrogen-bond acceptors (Lipinski definition) is 9. The zero-order chi connectivity index (χ0) is 26.3. The maximum absolute atomic E-state index is 14.2. The van der Waals surface area contributed by atoms with Gasteiger partial charge in [0.05, 0.1) is 41.3 Å². The number of benzene rings is 1. The van der Waals surface area contributed by atoms with Crippen LogP contribution in [0.15, 0.2) is 40.8 Å². The highest BCUT2D eigenvalue weighted by Gasteiger charge is 2.39. The van der Waals surface area contributed by atoms with Crippen LogP contribution in [0.4, 0.5) is 16.0 Å². The smallest absolute Gasteiger partial charge is 0.250 e. The van der Waals surface area contributed by atoms with E-state index in [1.165, 1.54) is 24.8 Å². The van der Waals surface area contributed by atoms with E-state index in [0.29, 0.717) is 47.3 Å². The summed E-state index contributed by atoms with van der Waals surface area (Å²) in [4.78, 5) is 24.9. The van der Waals surface area contributed by atoms with Crippen LogP contribution in [0.2, 0.25) is 18.1 Å². The summed E-state index contributed by atoms with van der Waals surface area (Å²) in [6.45, 7) is 11.8. The molecule has 0 atom stereocenters. The molecule has 2 aliphatic heterocycles. The third kappa shape index (κ3) is 5.23. The molecular formula is C24H28FIN8OSi. The lowest BCUT2D eigenvalue weighted by Gasteiger charge is -2.36. The van der Waals surface area contributed by atoms with E-state index in [1.54, 1.807) is 0 Å². The standard InChI is InChI=1S/C18H23FN4OSi.C6H5IN4/c1-18(2,3)25(4,5)24-13-7-11(6-12(19)8-13)16-15-14(9-21-16)22-10-23-17(15)20;7-5-4-3(1-9-5)10-2-11-6(4)8/h6-8,10H,9H2,1-5H3,(H2,20,22,23);2H,1H2,(H2,8,10,11). The Morgan fingerprint density at radius 1 is 0.889 bits per heavy atom. The first kappa shape index (κ1) is 26.1. The average molecular weight is 619 g/mol. The molecule has 0 saturated carbocycles.